The summed E-state index contributed by atoms with van der Waals surface area (Å²) in [4.78, 5) is 7.28. The minimum atomic E-state index is -4.42. The molecule has 2 N–H and O–H groups in total. The molecule has 0 saturated carbocycles. The van der Waals surface area contributed by atoms with Crippen LogP contribution in [-0.4, -0.2) is 9.97 Å². The van der Waals surface area contributed by atoms with Crippen molar-refractivity contribution in [3.05, 3.63) is 29.4 Å². The molecule has 0 fully saturated rings. The molecule has 0 aromatic carbocycles. The van der Waals surface area contributed by atoms with E-state index in [0.29, 0.717) is 5.56 Å². The van der Waals surface area contributed by atoms with Crippen LogP contribution in [0.25, 0.3) is 10.6 Å². The fraction of sp³-hybridized carbons (Fsp3) is 0.111. The second-order valence-electron chi connectivity index (χ2n) is 2.97. The summed E-state index contributed by atoms with van der Waals surface area (Å²) >= 11 is 0.893. The minimum absolute atomic E-state index is 0.172. The normalized spacial score (nSPS) is 11.7. The van der Waals surface area contributed by atoms with E-state index >= 15 is 0 Å². The Balaban J connectivity index is 2.44. The Hall–Kier alpha value is -1.63. The summed E-state index contributed by atoms with van der Waals surface area (Å²) in [6.45, 7) is 0. The molecule has 2 rings (SSSR count). The van der Waals surface area contributed by atoms with E-state index in [4.69, 9.17) is 5.73 Å². The Labute approximate surface area is 92.8 Å². The van der Waals surface area contributed by atoms with Crippen LogP contribution in [-0.2, 0) is 6.18 Å². The fourth-order valence-corrected chi connectivity index (χ4v) is 1.99. The maximum Gasteiger partial charge on any atom is 0.434 e. The van der Waals surface area contributed by atoms with Crippen LogP contribution in [0.2, 0.25) is 0 Å². The van der Waals surface area contributed by atoms with Crippen LogP contribution in [0.15, 0.2) is 23.7 Å². The van der Waals surface area contributed by atoms with Gasteiger partial charge in [-0.15, -0.1) is 11.3 Å². The van der Waals surface area contributed by atoms with Crippen molar-refractivity contribution in [3.63, 3.8) is 0 Å². The van der Waals surface area contributed by atoms with E-state index in [0.717, 1.165) is 16.7 Å². The first-order valence-electron chi connectivity index (χ1n) is 4.22. The zero-order chi connectivity index (χ0) is 11.8. The zero-order valence-electron chi connectivity index (χ0n) is 7.82. The number of nitrogens with zero attached hydrogens (tertiary/aromatic N) is 2. The van der Waals surface area contributed by atoms with Crippen molar-refractivity contribution in [1.29, 1.82) is 0 Å². The summed E-state index contributed by atoms with van der Waals surface area (Å²) in [5.41, 5.74) is 5.06. The van der Waals surface area contributed by atoms with E-state index in [-0.39, 0.29) is 10.8 Å². The smallest absolute Gasteiger partial charge is 0.383 e. The summed E-state index contributed by atoms with van der Waals surface area (Å²) in [6.07, 6.45) is -2.96. The number of hydrogen-bond donors (Lipinski definition) is 1. The Kier molecular flexibility index (Phi) is 2.55. The minimum Gasteiger partial charge on any atom is -0.383 e. The van der Waals surface area contributed by atoms with Gasteiger partial charge in [0, 0.05) is 11.6 Å². The molecule has 0 radical (unpaired) electrons. The first kappa shape index (κ1) is 10.9. The third kappa shape index (κ3) is 1.99. The van der Waals surface area contributed by atoms with Crippen molar-refractivity contribution < 1.29 is 13.2 Å². The van der Waals surface area contributed by atoms with Crippen molar-refractivity contribution in [1.82, 2.24) is 9.97 Å². The number of pyridine rings is 1. The number of nitrogen functional groups attached to an aromatic ring is 1. The van der Waals surface area contributed by atoms with Gasteiger partial charge >= 0.3 is 6.18 Å². The highest BCUT2D eigenvalue weighted by atomic mass is 32.1. The molecule has 0 aliphatic carbocycles. The largest absolute Gasteiger partial charge is 0.434 e. The van der Waals surface area contributed by atoms with Gasteiger partial charge < -0.3 is 5.73 Å². The molecule has 7 heteroatoms. The molecule has 0 amide bonds. The lowest BCUT2D eigenvalue weighted by atomic mass is 10.3. The molecule has 16 heavy (non-hydrogen) atoms. The highest BCUT2D eigenvalue weighted by Crippen LogP contribution is 2.34. The first-order chi connectivity index (χ1) is 7.48. The van der Waals surface area contributed by atoms with E-state index in [2.05, 4.69) is 9.97 Å². The average Bonchev–Trinajstić information content (AvgIpc) is 2.66. The van der Waals surface area contributed by atoms with Crippen LogP contribution < -0.4 is 5.73 Å². The molecule has 3 nitrogen and oxygen atoms in total. The second-order valence-corrected chi connectivity index (χ2v) is 3.83. The molecular formula is C9H6F3N3S. The van der Waals surface area contributed by atoms with Crippen molar-refractivity contribution in [2.45, 2.75) is 6.18 Å². The maximum atomic E-state index is 12.3. The monoisotopic (exact) mass is 245 g/mol. The standard InChI is InChI=1S/C9H6F3N3S/c10-9(11,12)6-4-16-8(15-6)5-2-1-3-14-7(5)13/h1-4H,(H2,13,14). The van der Waals surface area contributed by atoms with E-state index in [1.807, 2.05) is 0 Å². The number of alkyl halides is 3. The van der Waals surface area contributed by atoms with Crippen molar-refractivity contribution in [3.8, 4) is 10.6 Å². The van der Waals surface area contributed by atoms with Gasteiger partial charge in [-0.1, -0.05) is 0 Å². The number of halogens is 3. The van der Waals surface area contributed by atoms with Gasteiger partial charge in [0.05, 0.1) is 5.56 Å². The zero-order valence-corrected chi connectivity index (χ0v) is 8.64. The SMILES string of the molecule is Nc1ncccc1-c1nc(C(F)(F)F)cs1. The lowest BCUT2D eigenvalue weighted by Gasteiger charge is -2.01. The molecule has 0 bridgehead atoms. The molecule has 2 aromatic heterocycles. The van der Waals surface area contributed by atoms with E-state index in [1.165, 1.54) is 6.20 Å². The van der Waals surface area contributed by atoms with Gasteiger partial charge in [-0.2, -0.15) is 13.2 Å². The first-order valence-corrected chi connectivity index (χ1v) is 5.10. The molecule has 84 valence electrons. The van der Waals surface area contributed by atoms with E-state index in [9.17, 15) is 13.2 Å². The van der Waals surface area contributed by atoms with Gasteiger partial charge in [-0.05, 0) is 12.1 Å². The number of aromatic nitrogens is 2. The summed E-state index contributed by atoms with van der Waals surface area (Å²) in [5.74, 6) is 0.172. The predicted molar refractivity (Wildman–Crippen MR) is 54.8 cm³/mol. The van der Waals surface area contributed by atoms with E-state index in [1.54, 1.807) is 12.1 Å². The van der Waals surface area contributed by atoms with Crippen LogP contribution >= 0.6 is 11.3 Å². The van der Waals surface area contributed by atoms with Crippen molar-refractivity contribution in [2.24, 2.45) is 0 Å². The van der Waals surface area contributed by atoms with Crippen molar-refractivity contribution >= 4 is 17.2 Å². The van der Waals surface area contributed by atoms with Crippen LogP contribution in [0.5, 0.6) is 0 Å². The summed E-state index contributed by atoms with van der Waals surface area (Å²) < 4.78 is 36.9. The van der Waals surface area contributed by atoms with Crippen LogP contribution in [0.1, 0.15) is 5.69 Å². The van der Waals surface area contributed by atoms with Crippen LogP contribution in [0.3, 0.4) is 0 Å². The van der Waals surface area contributed by atoms with Crippen LogP contribution in [0.4, 0.5) is 19.0 Å². The number of rotatable bonds is 1. The number of anilines is 1. The van der Waals surface area contributed by atoms with Crippen LogP contribution in [0, 0.1) is 0 Å². The predicted octanol–water partition coefficient (Wildman–Crippen LogP) is 2.81. The molecule has 0 saturated heterocycles. The lowest BCUT2D eigenvalue weighted by Crippen LogP contribution is -2.05. The third-order valence-corrected chi connectivity index (χ3v) is 2.74. The number of thiazole rings is 1. The Morgan fingerprint density at radius 1 is 1.31 bits per heavy atom. The molecule has 2 heterocycles. The van der Waals surface area contributed by atoms with Gasteiger partial charge in [0.2, 0.25) is 0 Å². The molecule has 0 aliphatic rings. The number of nitrogens with two attached hydrogens (primary N) is 1. The molecule has 0 aliphatic heterocycles. The fourth-order valence-electron chi connectivity index (χ4n) is 1.13. The van der Waals surface area contributed by atoms with Crippen molar-refractivity contribution in [2.75, 3.05) is 5.73 Å². The Morgan fingerprint density at radius 2 is 2.06 bits per heavy atom. The molecule has 0 atom stereocenters. The highest BCUT2D eigenvalue weighted by molar-refractivity contribution is 7.13. The lowest BCUT2D eigenvalue weighted by molar-refractivity contribution is -0.140. The van der Waals surface area contributed by atoms with Gasteiger partial charge in [0.25, 0.3) is 0 Å². The molecule has 0 spiro atoms. The maximum absolute atomic E-state index is 12.3. The van der Waals surface area contributed by atoms with Gasteiger partial charge in [0.15, 0.2) is 5.69 Å². The summed E-state index contributed by atoms with van der Waals surface area (Å²) in [7, 11) is 0. The molecular weight excluding hydrogens is 239 g/mol. The van der Waals surface area contributed by atoms with Gasteiger partial charge in [-0.25, -0.2) is 9.97 Å². The van der Waals surface area contributed by atoms with Gasteiger partial charge in [-0.3, -0.25) is 0 Å². The molecule has 2 aromatic rings. The highest BCUT2D eigenvalue weighted by Gasteiger charge is 2.33. The number of hydrogen-bond acceptors (Lipinski definition) is 4. The Morgan fingerprint density at radius 3 is 2.62 bits per heavy atom. The second kappa shape index (κ2) is 3.75. The topological polar surface area (TPSA) is 51.8 Å². The van der Waals surface area contributed by atoms with Gasteiger partial charge in [0.1, 0.15) is 10.8 Å². The quantitative estimate of drug-likeness (QED) is 0.840. The van der Waals surface area contributed by atoms with E-state index < -0.39 is 11.9 Å². The summed E-state index contributed by atoms with van der Waals surface area (Å²) in [5, 5.41) is 1.18. The molecule has 0 unspecified atom stereocenters. The Bertz CT molecular complexity index is 507. The average molecular weight is 245 g/mol. The third-order valence-electron chi connectivity index (χ3n) is 1.86. The summed E-state index contributed by atoms with van der Waals surface area (Å²) in [6, 6.07) is 3.18.